The third kappa shape index (κ3) is 1.75. The van der Waals surface area contributed by atoms with Gasteiger partial charge < -0.3 is 4.90 Å². The van der Waals surface area contributed by atoms with E-state index in [1.165, 1.54) is 51.7 Å². The standard InChI is InChI=1S/C11H22N2/c1-12-8-9-13(2)11(10-12)6-4-3-5-7-11/h3-10H2,1-2H3. The van der Waals surface area contributed by atoms with Crippen LogP contribution in [0.4, 0.5) is 0 Å². The van der Waals surface area contributed by atoms with E-state index in [1.54, 1.807) is 0 Å². The molecule has 76 valence electrons. The lowest BCUT2D eigenvalue weighted by atomic mass is 9.79. The molecule has 13 heavy (non-hydrogen) atoms. The highest BCUT2D eigenvalue weighted by Crippen LogP contribution is 2.34. The van der Waals surface area contributed by atoms with E-state index in [-0.39, 0.29) is 0 Å². The molecule has 2 aliphatic rings. The van der Waals surface area contributed by atoms with Gasteiger partial charge in [-0.3, -0.25) is 4.90 Å². The summed E-state index contributed by atoms with van der Waals surface area (Å²) in [5.74, 6) is 0. The molecule has 0 amide bonds. The van der Waals surface area contributed by atoms with Crippen molar-refractivity contribution in [2.24, 2.45) is 0 Å². The summed E-state index contributed by atoms with van der Waals surface area (Å²) < 4.78 is 0. The molecule has 1 saturated carbocycles. The van der Waals surface area contributed by atoms with Crippen LogP contribution < -0.4 is 0 Å². The Morgan fingerprint density at radius 3 is 2.31 bits per heavy atom. The molecule has 0 aromatic heterocycles. The Hall–Kier alpha value is -0.0800. The first-order chi connectivity index (χ1) is 6.23. The Morgan fingerprint density at radius 1 is 0.923 bits per heavy atom. The molecule has 2 nitrogen and oxygen atoms in total. The van der Waals surface area contributed by atoms with Gasteiger partial charge in [0.05, 0.1) is 0 Å². The minimum absolute atomic E-state index is 0.547. The molecule has 2 rings (SSSR count). The molecule has 0 unspecified atom stereocenters. The summed E-state index contributed by atoms with van der Waals surface area (Å²) in [6.07, 6.45) is 7.19. The van der Waals surface area contributed by atoms with Crippen LogP contribution in [0.5, 0.6) is 0 Å². The zero-order chi connectivity index (χ0) is 9.31. The first-order valence-corrected chi connectivity index (χ1v) is 5.63. The third-order valence-corrected chi connectivity index (χ3v) is 3.98. The number of likely N-dealkylation sites (N-methyl/N-ethyl adjacent to an activating group) is 2. The summed E-state index contributed by atoms with van der Waals surface area (Å²) in [7, 11) is 4.58. The zero-order valence-corrected chi connectivity index (χ0v) is 9.05. The molecular weight excluding hydrogens is 160 g/mol. The van der Waals surface area contributed by atoms with Gasteiger partial charge in [0, 0.05) is 25.2 Å². The van der Waals surface area contributed by atoms with Gasteiger partial charge in [-0.1, -0.05) is 19.3 Å². The van der Waals surface area contributed by atoms with Crippen LogP contribution >= 0.6 is 0 Å². The third-order valence-electron chi connectivity index (χ3n) is 3.98. The molecular formula is C11H22N2. The Kier molecular flexibility index (Phi) is 2.61. The highest BCUT2D eigenvalue weighted by Gasteiger charge is 2.39. The fourth-order valence-corrected chi connectivity index (χ4v) is 3.01. The highest BCUT2D eigenvalue weighted by atomic mass is 15.3. The van der Waals surface area contributed by atoms with E-state index in [1.807, 2.05) is 0 Å². The summed E-state index contributed by atoms with van der Waals surface area (Å²) in [6.45, 7) is 3.80. The maximum Gasteiger partial charge on any atom is 0.0333 e. The lowest BCUT2D eigenvalue weighted by Gasteiger charge is -2.50. The van der Waals surface area contributed by atoms with Gasteiger partial charge >= 0.3 is 0 Å². The van der Waals surface area contributed by atoms with E-state index in [0.29, 0.717) is 5.54 Å². The first kappa shape index (κ1) is 9.47. The van der Waals surface area contributed by atoms with Gasteiger partial charge in [-0.15, -0.1) is 0 Å². The molecule has 1 heterocycles. The summed E-state index contributed by atoms with van der Waals surface area (Å²) in [4.78, 5) is 5.12. The maximum atomic E-state index is 2.62. The normalized spacial score (nSPS) is 30.9. The zero-order valence-electron chi connectivity index (χ0n) is 9.05. The Labute approximate surface area is 81.9 Å². The van der Waals surface area contributed by atoms with E-state index in [2.05, 4.69) is 23.9 Å². The number of rotatable bonds is 0. The largest absolute Gasteiger partial charge is 0.303 e. The minimum atomic E-state index is 0.547. The fourth-order valence-electron chi connectivity index (χ4n) is 3.01. The van der Waals surface area contributed by atoms with Crippen LogP contribution in [0.2, 0.25) is 0 Å². The fraction of sp³-hybridized carbons (Fsp3) is 1.00. The quantitative estimate of drug-likeness (QED) is 0.561. The van der Waals surface area contributed by atoms with Crippen LogP contribution in [0.3, 0.4) is 0 Å². The van der Waals surface area contributed by atoms with E-state index in [4.69, 9.17) is 0 Å². The number of hydrogen-bond donors (Lipinski definition) is 0. The van der Waals surface area contributed by atoms with Crippen molar-refractivity contribution in [2.45, 2.75) is 37.6 Å². The van der Waals surface area contributed by atoms with Crippen LogP contribution in [-0.2, 0) is 0 Å². The number of piperazine rings is 1. The van der Waals surface area contributed by atoms with Crippen molar-refractivity contribution in [1.82, 2.24) is 9.80 Å². The highest BCUT2D eigenvalue weighted by molar-refractivity contribution is 4.96. The van der Waals surface area contributed by atoms with Gasteiger partial charge in [0.1, 0.15) is 0 Å². The van der Waals surface area contributed by atoms with Crippen molar-refractivity contribution in [3.05, 3.63) is 0 Å². The first-order valence-electron chi connectivity index (χ1n) is 5.63. The topological polar surface area (TPSA) is 6.48 Å². The molecule has 1 aliphatic heterocycles. The minimum Gasteiger partial charge on any atom is -0.303 e. The van der Waals surface area contributed by atoms with E-state index in [0.717, 1.165) is 0 Å². The predicted molar refractivity (Wildman–Crippen MR) is 55.9 cm³/mol. The maximum absolute atomic E-state index is 2.62. The molecule has 0 aromatic rings. The van der Waals surface area contributed by atoms with Crippen molar-refractivity contribution >= 4 is 0 Å². The van der Waals surface area contributed by atoms with Crippen molar-refractivity contribution in [2.75, 3.05) is 33.7 Å². The van der Waals surface area contributed by atoms with Crippen molar-refractivity contribution in [3.8, 4) is 0 Å². The van der Waals surface area contributed by atoms with Gasteiger partial charge in [0.25, 0.3) is 0 Å². The van der Waals surface area contributed by atoms with Gasteiger partial charge in [0.15, 0.2) is 0 Å². The van der Waals surface area contributed by atoms with Gasteiger partial charge in [-0.05, 0) is 26.9 Å². The van der Waals surface area contributed by atoms with Gasteiger partial charge in [-0.2, -0.15) is 0 Å². The molecule has 2 heteroatoms. The lowest BCUT2D eigenvalue weighted by Crippen LogP contribution is -2.60. The van der Waals surface area contributed by atoms with E-state index >= 15 is 0 Å². The molecule has 0 bridgehead atoms. The van der Waals surface area contributed by atoms with E-state index < -0.39 is 0 Å². The smallest absolute Gasteiger partial charge is 0.0333 e. The van der Waals surface area contributed by atoms with Crippen LogP contribution in [-0.4, -0.2) is 49.1 Å². The lowest BCUT2D eigenvalue weighted by molar-refractivity contribution is 0.000507. The number of hydrogen-bond acceptors (Lipinski definition) is 2. The molecule has 1 aliphatic carbocycles. The summed E-state index contributed by atoms with van der Waals surface area (Å²) in [5.41, 5.74) is 0.547. The van der Waals surface area contributed by atoms with Crippen molar-refractivity contribution in [1.29, 1.82) is 0 Å². The SMILES string of the molecule is CN1CCN(C)C2(CCCCC2)C1. The van der Waals surface area contributed by atoms with Crippen molar-refractivity contribution in [3.63, 3.8) is 0 Å². The molecule has 0 radical (unpaired) electrons. The molecule has 0 N–H and O–H groups in total. The monoisotopic (exact) mass is 182 g/mol. The Balaban J connectivity index is 2.07. The summed E-state index contributed by atoms with van der Waals surface area (Å²) in [5, 5.41) is 0. The van der Waals surface area contributed by atoms with E-state index in [9.17, 15) is 0 Å². The average Bonchev–Trinajstić information content (AvgIpc) is 2.14. The van der Waals surface area contributed by atoms with Crippen LogP contribution in [0.15, 0.2) is 0 Å². The molecule has 2 fully saturated rings. The average molecular weight is 182 g/mol. The molecule has 0 aromatic carbocycles. The van der Waals surface area contributed by atoms with Gasteiger partial charge in [-0.25, -0.2) is 0 Å². The summed E-state index contributed by atoms with van der Waals surface area (Å²) >= 11 is 0. The van der Waals surface area contributed by atoms with Crippen LogP contribution in [0.25, 0.3) is 0 Å². The second-order valence-electron chi connectivity index (χ2n) is 4.94. The summed E-state index contributed by atoms with van der Waals surface area (Å²) in [6, 6.07) is 0. The molecule has 1 spiro atoms. The Bertz CT molecular complexity index is 173. The van der Waals surface area contributed by atoms with Gasteiger partial charge in [0.2, 0.25) is 0 Å². The Morgan fingerprint density at radius 2 is 1.62 bits per heavy atom. The van der Waals surface area contributed by atoms with Crippen LogP contribution in [0.1, 0.15) is 32.1 Å². The van der Waals surface area contributed by atoms with Crippen LogP contribution in [0, 0.1) is 0 Å². The second-order valence-corrected chi connectivity index (χ2v) is 4.94. The second kappa shape index (κ2) is 3.58. The molecule has 1 saturated heterocycles. The van der Waals surface area contributed by atoms with Crippen molar-refractivity contribution < 1.29 is 0 Å². The number of nitrogens with zero attached hydrogens (tertiary/aromatic N) is 2. The predicted octanol–water partition coefficient (Wildman–Crippen LogP) is 1.57. The molecule has 0 atom stereocenters.